The summed E-state index contributed by atoms with van der Waals surface area (Å²) in [4.78, 5) is 77.9. The molecule has 0 saturated carbocycles. The fraction of sp³-hybridized carbons (Fsp3) is 0.725. The SMILES string of the molecule is CC[C@H](C)[C@@H]([C@@H](CC(=O)N1C[C@H](ON)C[C@H]1[C@H](OC)[C@@H](C)C(=O)N[C@@H](Cc1ccccc1)C(=O)O)OC)N(C)C(=O)[C@@H](NC(=O)[C@H](C(C)C)N(C)C)C(C)C. The number of likely N-dealkylation sites (N-methyl/N-ethyl adjacent to an activating group) is 2. The molecule has 0 aliphatic carbocycles. The second-order valence-electron chi connectivity index (χ2n) is 15.9. The molecule has 10 atom stereocenters. The Bertz CT molecular complexity index is 1390. The van der Waals surface area contributed by atoms with Gasteiger partial charge in [-0.05, 0) is 37.4 Å². The molecule has 5 N–H and O–H groups in total. The number of carboxylic acids is 1. The van der Waals surface area contributed by atoms with Crippen LogP contribution in [-0.4, -0.2) is 140 Å². The van der Waals surface area contributed by atoms with E-state index in [4.69, 9.17) is 20.2 Å². The van der Waals surface area contributed by atoms with Crippen LogP contribution in [0.15, 0.2) is 30.3 Å². The lowest BCUT2D eigenvalue weighted by atomic mass is 9.89. The number of benzene rings is 1. The number of likely N-dealkylation sites (tertiary alicyclic amines) is 1. The zero-order valence-electron chi connectivity index (χ0n) is 35.0. The monoisotopic (exact) mass is 777 g/mol. The number of carboxylic acid groups (broad SMARTS) is 1. The largest absolute Gasteiger partial charge is 0.480 e. The van der Waals surface area contributed by atoms with E-state index in [1.807, 2.05) is 66.6 Å². The molecular formula is C40H68N6O9. The van der Waals surface area contributed by atoms with Crippen LogP contribution in [0.4, 0.5) is 0 Å². The maximum Gasteiger partial charge on any atom is 0.326 e. The van der Waals surface area contributed by atoms with Crippen LogP contribution >= 0.6 is 0 Å². The van der Waals surface area contributed by atoms with Crippen LogP contribution in [0.5, 0.6) is 0 Å². The second-order valence-corrected chi connectivity index (χ2v) is 15.9. The van der Waals surface area contributed by atoms with Gasteiger partial charge >= 0.3 is 5.97 Å². The van der Waals surface area contributed by atoms with Crippen LogP contribution < -0.4 is 16.5 Å². The molecule has 4 amide bonds. The fourth-order valence-electron chi connectivity index (χ4n) is 7.84. The first-order valence-electron chi connectivity index (χ1n) is 19.4. The summed E-state index contributed by atoms with van der Waals surface area (Å²) in [5.74, 6) is 1.92. The number of aliphatic carboxylic acids is 1. The predicted molar refractivity (Wildman–Crippen MR) is 209 cm³/mol. The van der Waals surface area contributed by atoms with E-state index < -0.39 is 66.3 Å². The van der Waals surface area contributed by atoms with E-state index in [1.54, 1.807) is 48.0 Å². The molecule has 55 heavy (non-hydrogen) atoms. The van der Waals surface area contributed by atoms with Crippen LogP contribution in [0, 0.1) is 23.7 Å². The molecule has 1 heterocycles. The molecule has 0 unspecified atom stereocenters. The minimum atomic E-state index is -1.18. The van der Waals surface area contributed by atoms with Gasteiger partial charge in [0.1, 0.15) is 12.1 Å². The van der Waals surface area contributed by atoms with Crippen molar-refractivity contribution < 1.29 is 43.4 Å². The van der Waals surface area contributed by atoms with E-state index in [9.17, 15) is 29.1 Å². The van der Waals surface area contributed by atoms with Gasteiger partial charge in [0, 0.05) is 40.7 Å². The third kappa shape index (κ3) is 12.7. The van der Waals surface area contributed by atoms with Gasteiger partial charge in [0.25, 0.3) is 0 Å². The van der Waals surface area contributed by atoms with E-state index in [0.29, 0.717) is 6.42 Å². The molecule has 1 aliphatic rings. The predicted octanol–water partition coefficient (Wildman–Crippen LogP) is 2.31. The quantitative estimate of drug-likeness (QED) is 0.126. The molecule has 1 fully saturated rings. The van der Waals surface area contributed by atoms with Crippen molar-refractivity contribution in [2.75, 3.05) is 41.9 Å². The number of ether oxygens (including phenoxy) is 2. The Labute approximate surface area is 327 Å². The summed E-state index contributed by atoms with van der Waals surface area (Å²) in [5.41, 5.74) is 0.756. The number of hydrogen-bond acceptors (Lipinski definition) is 10. The van der Waals surface area contributed by atoms with Gasteiger partial charge < -0.3 is 35.0 Å². The molecular weight excluding hydrogens is 708 g/mol. The Kier molecular flexibility index (Phi) is 19.2. The molecule has 312 valence electrons. The van der Waals surface area contributed by atoms with Crippen molar-refractivity contribution in [3.8, 4) is 0 Å². The molecule has 0 radical (unpaired) electrons. The number of carbonyl (C=O) groups excluding carboxylic acids is 4. The summed E-state index contributed by atoms with van der Waals surface area (Å²) in [6.45, 7) is 13.4. The molecule has 1 aromatic rings. The van der Waals surface area contributed by atoms with E-state index in [1.165, 1.54) is 14.2 Å². The maximum absolute atomic E-state index is 14.3. The summed E-state index contributed by atoms with van der Waals surface area (Å²) in [6, 6.07) is 5.41. The van der Waals surface area contributed by atoms with Gasteiger partial charge in [-0.25, -0.2) is 10.7 Å². The fourth-order valence-corrected chi connectivity index (χ4v) is 7.84. The molecule has 0 spiro atoms. The molecule has 1 aliphatic heterocycles. The third-order valence-corrected chi connectivity index (χ3v) is 11.0. The zero-order valence-corrected chi connectivity index (χ0v) is 35.0. The number of nitrogens with zero attached hydrogens (tertiary/aromatic N) is 3. The van der Waals surface area contributed by atoms with Crippen molar-refractivity contribution in [3.05, 3.63) is 35.9 Å². The first-order chi connectivity index (χ1) is 25.8. The number of methoxy groups -OCH3 is 2. The molecule has 0 aromatic heterocycles. The Morgan fingerprint density at radius 2 is 1.55 bits per heavy atom. The Morgan fingerprint density at radius 1 is 0.927 bits per heavy atom. The van der Waals surface area contributed by atoms with Crippen molar-refractivity contribution >= 4 is 29.6 Å². The first kappa shape index (κ1) is 47.5. The summed E-state index contributed by atoms with van der Waals surface area (Å²) < 4.78 is 11.9. The number of nitrogens with one attached hydrogen (secondary N) is 2. The minimum Gasteiger partial charge on any atom is -0.480 e. The second kappa shape index (κ2) is 22.2. The van der Waals surface area contributed by atoms with Gasteiger partial charge in [-0.3, -0.25) is 28.9 Å². The molecule has 15 nitrogen and oxygen atoms in total. The topological polar surface area (TPSA) is 193 Å². The number of amides is 4. The average Bonchev–Trinajstić information content (AvgIpc) is 3.57. The summed E-state index contributed by atoms with van der Waals surface area (Å²) >= 11 is 0. The van der Waals surface area contributed by atoms with Crippen molar-refractivity contribution in [2.24, 2.45) is 29.6 Å². The number of carbonyl (C=O) groups is 5. The Morgan fingerprint density at radius 3 is 2.02 bits per heavy atom. The number of hydrogen-bond donors (Lipinski definition) is 4. The van der Waals surface area contributed by atoms with Crippen LogP contribution in [0.1, 0.15) is 73.3 Å². The van der Waals surface area contributed by atoms with Crippen LogP contribution in [-0.2, 0) is 44.7 Å². The zero-order chi connectivity index (χ0) is 41.7. The van der Waals surface area contributed by atoms with Crippen LogP contribution in [0.25, 0.3) is 0 Å². The van der Waals surface area contributed by atoms with Crippen LogP contribution in [0.2, 0.25) is 0 Å². The summed E-state index contributed by atoms with van der Waals surface area (Å²) in [7, 11) is 8.30. The highest BCUT2D eigenvalue weighted by molar-refractivity contribution is 5.90. The van der Waals surface area contributed by atoms with Gasteiger partial charge in [0.05, 0.1) is 48.8 Å². The molecule has 2 rings (SSSR count). The third-order valence-electron chi connectivity index (χ3n) is 11.0. The van der Waals surface area contributed by atoms with Gasteiger partial charge in [0.2, 0.25) is 23.6 Å². The normalized spacial score (nSPS) is 20.3. The van der Waals surface area contributed by atoms with E-state index >= 15 is 0 Å². The standard InChI is InChI=1S/C40H68N6O9/c1-13-25(6)35(45(10)39(50)33(23(2)3)43-38(49)34(24(4)5)44(8)9)31(53-11)21-32(47)46-22-28(55-41)20-30(46)36(54-12)26(7)37(48)42-29(40(51)52)19-27-17-15-14-16-18-27/h14-18,23-26,28-31,33-36H,13,19-22,41H2,1-12H3,(H,42,48)(H,43,49)(H,51,52)/t25-,26+,28+,29-,30-,31+,33-,34-,35-,36+/m0/s1. The lowest BCUT2D eigenvalue weighted by Gasteiger charge is -2.41. The molecule has 0 bridgehead atoms. The maximum atomic E-state index is 14.3. The van der Waals surface area contributed by atoms with Gasteiger partial charge in [0.15, 0.2) is 0 Å². The highest BCUT2D eigenvalue weighted by Crippen LogP contribution is 2.31. The number of nitrogens with two attached hydrogens (primary N) is 1. The average molecular weight is 777 g/mol. The van der Waals surface area contributed by atoms with E-state index in [0.717, 1.165) is 5.56 Å². The Balaban J connectivity index is 2.35. The smallest absolute Gasteiger partial charge is 0.326 e. The van der Waals surface area contributed by atoms with Gasteiger partial charge in [-0.15, -0.1) is 0 Å². The van der Waals surface area contributed by atoms with E-state index in [-0.39, 0.29) is 61.3 Å². The highest BCUT2D eigenvalue weighted by Gasteiger charge is 2.46. The van der Waals surface area contributed by atoms with Gasteiger partial charge in [-0.1, -0.05) is 85.2 Å². The molecule has 1 saturated heterocycles. The summed E-state index contributed by atoms with van der Waals surface area (Å²) in [6.07, 6.45) is -1.18. The highest BCUT2D eigenvalue weighted by atomic mass is 16.6. The van der Waals surface area contributed by atoms with E-state index in [2.05, 4.69) is 10.6 Å². The first-order valence-corrected chi connectivity index (χ1v) is 19.4. The number of rotatable bonds is 22. The van der Waals surface area contributed by atoms with Crippen molar-refractivity contribution in [1.29, 1.82) is 0 Å². The molecule has 15 heteroatoms. The van der Waals surface area contributed by atoms with Crippen LogP contribution in [0.3, 0.4) is 0 Å². The van der Waals surface area contributed by atoms with Crippen molar-refractivity contribution in [3.63, 3.8) is 0 Å². The van der Waals surface area contributed by atoms with Gasteiger partial charge in [-0.2, -0.15) is 0 Å². The van der Waals surface area contributed by atoms with Crippen molar-refractivity contribution in [2.45, 2.75) is 123 Å². The molecule has 1 aromatic carbocycles. The summed E-state index contributed by atoms with van der Waals surface area (Å²) in [5, 5.41) is 15.6. The lowest BCUT2D eigenvalue weighted by molar-refractivity contribution is -0.148. The lowest BCUT2D eigenvalue weighted by Crippen LogP contribution is -2.59. The minimum absolute atomic E-state index is 0.0162. The van der Waals surface area contributed by atoms with Crippen molar-refractivity contribution in [1.82, 2.24) is 25.3 Å². The Hall–Kier alpha value is -3.63.